The van der Waals surface area contributed by atoms with E-state index in [0.717, 1.165) is 0 Å². The van der Waals surface area contributed by atoms with Crippen LogP contribution in [0.3, 0.4) is 0 Å². The summed E-state index contributed by atoms with van der Waals surface area (Å²) in [6, 6.07) is -0.0463. The van der Waals surface area contributed by atoms with E-state index in [1.807, 2.05) is 6.92 Å². The first-order valence-electron chi connectivity index (χ1n) is 5.03. The van der Waals surface area contributed by atoms with E-state index in [1.165, 1.54) is 6.20 Å². The lowest BCUT2D eigenvalue weighted by Crippen LogP contribution is -2.24. The number of halogens is 1. The summed E-state index contributed by atoms with van der Waals surface area (Å²) in [6.45, 7) is 4.08. The van der Waals surface area contributed by atoms with Crippen LogP contribution in [-0.2, 0) is 4.74 Å². The van der Waals surface area contributed by atoms with Gasteiger partial charge in [-0.2, -0.15) is 0 Å². The zero-order chi connectivity index (χ0) is 13.2. The van der Waals surface area contributed by atoms with Crippen molar-refractivity contribution in [3.63, 3.8) is 0 Å². The second-order valence-corrected chi connectivity index (χ2v) is 4.58. The Hall–Kier alpha value is -1.14. The summed E-state index contributed by atoms with van der Waals surface area (Å²) in [5, 5.41) is 8.95. The number of ether oxygens (including phenoxy) is 1. The number of hydrogen-bond donors (Lipinski definition) is 1. The quantitative estimate of drug-likeness (QED) is 0.921. The van der Waals surface area contributed by atoms with E-state index in [1.54, 1.807) is 18.6 Å². The number of hydrogen-bond acceptors (Lipinski definition) is 3. The lowest BCUT2D eigenvalue weighted by molar-refractivity contribution is 0.0693. The number of carboxylic acid groups (broad SMARTS) is 1. The molecule has 1 atom stereocenters. The lowest BCUT2D eigenvalue weighted by atomic mass is 10.2. The fourth-order valence-corrected chi connectivity index (χ4v) is 2.04. The molecule has 0 aliphatic rings. The van der Waals surface area contributed by atoms with Gasteiger partial charge in [0, 0.05) is 19.0 Å². The molecule has 0 fully saturated rings. The second kappa shape index (κ2) is 5.46. The van der Waals surface area contributed by atoms with Crippen molar-refractivity contribution in [2.24, 2.45) is 0 Å². The first kappa shape index (κ1) is 13.9. The van der Waals surface area contributed by atoms with Gasteiger partial charge in [-0.15, -0.1) is 0 Å². The predicted octanol–water partition coefficient (Wildman–Crippen LogP) is 1.82. The van der Waals surface area contributed by atoms with Crippen molar-refractivity contribution in [1.82, 2.24) is 4.57 Å². The van der Waals surface area contributed by atoms with E-state index in [0.29, 0.717) is 12.3 Å². The van der Waals surface area contributed by atoms with Crippen LogP contribution in [0.25, 0.3) is 0 Å². The van der Waals surface area contributed by atoms with Gasteiger partial charge in [-0.3, -0.25) is 4.79 Å². The van der Waals surface area contributed by atoms with Gasteiger partial charge in [0.05, 0.1) is 17.1 Å². The van der Waals surface area contributed by atoms with E-state index < -0.39 is 11.4 Å². The van der Waals surface area contributed by atoms with Gasteiger partial charge >= 0.3 is 5.97 Å². The minimum Gasteiger partial charge on any atom is -0.477 e. The Balaban J connectivity index is 3.42. The lowest BCUT2D eigenvalue weighted by Gasteiger charge is -2.19. The standard InChI is InChI=1S/C11H14BrNO4/c1-6(5-17-3)13-4-8(11(15)16)10(14)9(12)7(13)2/h4,6H,5H2,1-3H3,(H,15,16)/t6-/m1/s1. The fraction of sp³-hybridized carbons (Fsp3) is 0.455. The van der Waals surface area contributed by atoms with Gasteiger partial charge in [-0.25, -0.2) is 4.79 Å². The van der Waals surface area contributed by atoms with Crippen molar-refractivity contribution >= 4 is 21.9 Å². The molecule has 0 aliphatic heterocycles. The molecular formula is C11H14BrNO4. The van der Waals surface area contributed by atoms with Crippen LogP contribution in [0, 0.1) is 6.92 Å². The molecule has 6 heteroatoms. The highest BCUT2D eigenvalue weighted by molar-refractivity contribution is 9.10. The summed E-state index contributed by atoms with van der Waals surface area (Å²) >= 11 is 3.13. The van der Waals surface area contributed by atoms with E-state index in [4.69, 9.17) is 9.84 Å². The third kappa shape index (κ3) is 2.76. The zero-order valence-electron chi connectivity index (χ0n) is 9.86. The van der Waals surface area contributed by atoms with Gasteiger partial charge in [-0.1, -0.05) is 0 Å². The molecule has 1 aromatic heterocycles. The van der Waals surface area contributed by atoms with Crippen molar-refractivity contribution in [1.29, 1.82) is 0 Å². The maximum Gasteiger partial charge on any atom is 0.341 e. The molecule has 0 bridgehead atoms. The molecule has 1 aromatic rings. The number of pyridine rings is 1. The van der Waals surface area contributed by atoms with Crippen LogP contribution < -0.4 is 5.43 Å². The normalized spacial score (nSPS) is 12.5. The first-order chi connectivity index (χ1) is 7.90. The Bertz CT molecular complexity index is 495. The van der Waals surface area contributed by atoms with Crippen molar-refractivity contribution in [3.05, 3.63) is 32.2 Å². The van der Waals surface area contributed by atoms with Crippen molar-refractivity contribution < 1.29 is 14.6 Å². The molecule has 0 aromatic carbocycles. The van der Waals surface area contributed by atoms with E-state index in [2.05, 4.69) is 15.9 Å². The number of methoxy groups -OCH3 is 1. The predicted molar refractivity (Wildman–Crippen MR) is 66.7 cm³/mol. The van der Waals surface area contributed by atoms with Crippen molar-refractivity contribution in [3.8, 4) is 0 Å². The molecule has 0 unspecified atom stereocenters. The molecule has 0 saturated heterocycles. The summed E-state index contributed by atoms with van der Waals surface area (Å²) < 4.78 is 7.02. The van der Waals surface area contributed by atoms with Crippen LogP contribution in [0.5, 0.6) is 0 Å². The molecule has 0 saturated carbocycles. The number of rotatable bonds is 4. The molecule has 0 amide bonds. The van der Waals surface area contributed by atoms with Gasteiger partial charge in [0.25, 0.3) is 0 Å². The molecule has 1 rings (SSSR count). The number of aromatic nitrogens is 1. The molecule has 94 valence electrons. The summed E-state index contributed by atoms with van der Waals surface area (Å²) in [6.07, 6.45) is 1.36. The van der Waals surface area contributed by atoms with Crippen LogP contribution >= 0.6 is 15.9 Å². The fourth-order valence-electron chi connectivity index (χ4n) is 1.62. The summed E-state index contributed by atoms with van der Waals surface area (Å²) in [5.41, 5.74) is -0.0640. The van der Waals surface area contributed by atoms with Gasteiger partial charge in [-0.05, 0) is 29.8 Å². The van der Waals surface area contributed by atoms with Crippen molar-refractivity contribution in [2.45, 2.75) is 19.9 Å². The summed E-state index contributed by atoms with van der Waals surface area (Å²) in [7, 11) is 1.57. The topological polar surface area (TPSA) is 68.5 Å². The minimum absolute atomic E-state index is 0.0463. The largest absolute Gasteiger partial charge is 0.477 e. The summed E-state index contributed by atoms with van der Waals surface area (Å²) in [5.74, 6) is -1.23. The average molecular weight is 304 g/mol. The third-order valence-electron chi connectivity index (χ3n) is 2.53. The van der Waals surface area contributed by atoms with E-state index in [9.17, 15) is 9.59 Å². The van der Waals surface area contributed by atoms with Crippen molar-refractivity contribution in [2.75, 3.05) is 13.7 Å². The SMILES string of the molecule is COC[C@@H](C)n1cc(C(=O)O)c(=O)c(Br)c1C. The summed E-state index contributed by atoms with van der Waals surface area (Å²) in [4.78, 5) is 22.6. The number of aromatic carboxylic acids is 1. The van der Waals surface area contributed by atoms with Crippen LogP contribution in [0.2, 0.25) is 0 Å². The second-order valence-electron chi connectivity index (χ2n) is 3.79. The molecule has 0 radical (unpaired) electrons. The monoisotopic (exact) mass is 303 g/mol. The molecule has 1 N–H and O–H groups in total. The molecule has 0 spiro atoms. The number of carboxylic acids is 1. The first-order valence-corrected chi connectivity index (χ1v) is 5.83. The Labute approximate surface area is 107 Å². The number of carbonyl (C=O) groups is 1. The van der Waals surface area contributed by atoms with Crippen LogP contribution in [0.15, 0.2) is 15.5 Å². The average Bonchev–Trinajstić information content (AvgIpc) is 2.26. The highest BCUT2D eigenvalue weighted by atomic mass is 79.9. The van der Waals surface area contributed by atoms with Gasteiger partial charge in [0.1, 0.15) is 5.56 Å². The highest BCUT2D eigenvalue weighted by Gasteiger charge is 2.17. The van der Waals surface area contributed by atoms with E-state index >= 15 is 0 Å². The minimum atomic E-state index is -1.23. The maximum atomic E-state index is 11.7. The van der Waals surface area contributed by atoms with Crippen LogP contribution in [-0.4, -0.2) is 29.4 Å². The third-order valence-corrected chi connectivity index (χ3v) is 3.46. The Morgan fingerprint density at radius 1 is 1.65 bits per heavy atom. The Kier molecular flexibility index (Phi) is 4.47. The Morgan fingerprint density at radius 2 is 2.24 bits per heavy atom. The molecule has 5 nitrogen and oxygen atoms in total. The van der Waals surface area contributed by atoms with Gasteiger partial charge in [0.2, 0.25) is 5.43 Å². The smallest absolute Gasteiger partial charge is 0.341 e. The maximum absolute atomic E-state index is 11.7. The van der Waals surface area contributed by atoms with Crippen LogP contribution in [0.4, 0.5) is 0 Å². The molecule has 1 heterocycles. The zero-order valence-corrected chi connectivity index (χ0v) is 11.4. The van der Waals surface area contributed by atoms with Gasteiger partial charge in [0.15, 0.2) is 0 Å². The molecule has 0 aliphatic carbocycles. The number of nitrogens with zero attached hydrogens (tertiary/aromatic N) is 1. The van der Waals surface area contributed by atoms with E-state index in [-0.39, 0.29) is 16.1 Å². The Morgan fingerprint density at radius 3 is 2.71 bits per heavy atom. The van der Waals surface area contributed by atoms with Crippen LogP contribution in [0.1, 0.15) is 29.0 Å². The van der Waals surface area contributed by atoms with Gasteiger partial charge < -0.3 is 14.4 Å². The highest BCUT2D eigenvalue weighted by Crippen LogP contribution is 2.17. The molecular weight excluding hydrogens is 290 g/mol. The molecule has 17 heavy (non-hydrogen) atoms.